The maximum Gasteiger partial charge on any atom is 0.265 e. The Morgan fingerprint density at radius 2 is 1.86 bits per heavy atom. The Kier molecular flexibility index (Phi) is 5.09. The van der Waals surface area contributed by atoms with Crippen LogP contribution in [0.3, 0.4) is 0 Å². The van der Waals surface area contributed by atoms with E-state index in [4.69, 9.17) is 4.74 Å². The first-order chi connectivity index (χ1) is 14.0. The van der Waals surface area contributed by atoms with Crippen molar-refractivity contribution < 1.29 is 19.1 Å². The molecular formula is C21H17N3O4S. The Morgan fingerprint density at radius 1 is 1.14 bits per heavy atom. The van der Waals surface area contributed by atoms with E-state index >= 15 is 0 Å². The predicted molar refractivity (Wildman–Crippen MR) is 110 cm³/mol. The van der Waals surface area contributed by atoms with Crippen molar-refractivity contribution >= 4 is 39.8 Å². The first-order valence-corrected chi connectivity index (χ1v) is 9.74. The quantitative estimate of drug-likeness (QED) is 0.655. The number of anilines is 2. The number of ether oxygens (including phenoxy) is 1. The first-order valence-electron chi connectivity index (χ1n) is 8.92. The largest absolute Gasteiger partial charge is 0.482 e. The number of nitrogens with zero attached hydrogens (tertiary/aromatic N) is 2. The minimum absolute atomic E-state index is 0.117. The summed E-state index contributed by atoms with van der Waals surface area (Å²) >= 11 is 1.12. The second-order valence-electron chi connectivity index (χ2n) is 6.40. The summed E-state index contributed by atoms with van der Waals surface area (Å²) in [5.74, 6) is -0.274. The van der Waals surface area contributed by atoms with Crippen molar-refractivity contribution in [1.82, 2.24) is 4.98 Å². The number of rotatable bonds is 5. The Bertz CT molecular complexity index is 1090. The van der Waals surface area contributed by atoms with Gasteiger partial charge in [-0.2, -0.15) is 0 Å². The molecule has 0 fully saturated rings. The number of carbonyl (C=O) groups excluding carboxylic acids is 3. The molecule has 0 unspecified atom stereocenters. The normalized spacial score (nSPS) is 12.9. The zero-order valence-corrected chi connectivity index (χ0v) is 16.4. The number of nitrogens with one attached hydrogen (secondary N) is 1. The fourth-order valence-electron chi connectivity index (χ4n) is 3.03. The molecule has 0 spiro atoms. The summed E-state index contributed by atoms with van der Waals surface area (Å²) in [6, 6.07) is 16.4. The average Bonchev–Trinajstić information content (AvgIpc) is 3.15. The Balaban J connectivity index is 1.55. The topological polar surface area (TPSA) is 88.6 Å². The fourth-order valence-corrected chi connectivity index (χ4v) is 3.93. The van der Waals surface area contributed by atoms with Crippen LogP contribution in [0.15, 0.2) is 54.6 Å². The van der Waals surface area contributed by atoms with Gasteiger partial charge in [-0.05, 0) is 12.1 Å². The molecule has 4 rings (SSSR count). The van der Waals surface area contributed by atoms with Crippen molar-refractivity contribution in [1.29, 1.82) is 0 Å². The standard InChI is InChI=1S/C21H17N3O4S/c1-13(25)20-19(14-7-3-2-4-8-14)23-21(29-20)22-17(26)11-24-15-9-5-6-10-16(15)28-12-18(24)27/h2-10H,11-12H2,1H3,(H,22,23,26). The van der Waals surface area contributed by atoms with E-state index in [1.807, 2.05) is 30.3 Å². The van der Waals surface area contributed by atoms with Gasteiger partial charge in [0.1, 0.15) is 12.3 Å². The number of para-hydroxylation sites is 2. The second kappa shape index (κ2) is 7.84. The highest BCUT2D eigenvalue weighted by Crippen LogP contribution is 2.33. The zero-order valence-electron chi connectivity index (χ0n) is 15.5. The van der Waals surface area contributed by atoms with Crippen molar-refractivity contribution in [2.75, 3.05) is 23.4 Å². The third-order valence-electron chi connectivity index (χ3n) is 4.35. The van der Waals surface area contributed by atoms with Gasteiger partial charge in [0.25, 0.3) is 5.91 Å². The highest BCUT2D eigenvalue weighted by atomic mass is 32.1. The van der Waals surface area contributed by atoms with Gasteiger partial charge < -0.3 is 10.1 Å². The third-order valence-corrected chi connectivity index (χ3v) is 5.42. The van der Waals surface area contributed by atoms with E-state index in [1.165, 1.54) is 11.8 Å². The summed E-state index contributed by atoms with van der Waals surface area (Å²) in [5.41, 5.74) is 1.88. The number of ketones is 1. The van der Waals surface area contributed by atoms with Gasteiger partial charge in [0.15, 0.2) is 17.5 Å². The SMILES string of the molecule is CC(=O)c1sc(NC(=O)CN2C(=O)COc3ccccc32)nc1-c1ccccc1. The number of aromatic nitrogens is 1. The molecule has 0 saturated carbocycles. The van der Waals surface area contributed by atoms with Crippen LogP contribution in [0.25, 0.3) is 11.3 Å². The van der Waals surface area contributed by atoms with Crippen LogP contribution in [0.2, 0.25) is 0 Å². The molecule has 2 aromatic carbocycles. The lowest BCUT2D eigenvalue weighted by Gasteiger charge is -2.28. The molecular weight excluding hydrogens is 390 g/mol. The van der Waals surface area contributed by atoms with Crippen LogP contribution < -0.4 is 15.0 Å². The van der Waals surface area contributed by atoms with E-state index in [0.717, 1.165) is 16.9 Å². The number of hydrogen-bond acceptors (Lipinski definition) is 6. The number of benzene rings is 2. The van der Waals surface area contributed by atoms with Gasteiger partial charge in [-0.1, -0.05) is 53.8 Å². The molecule has 8 heteroatoms. The van der Waals surface area contributed by atoms with Crippen LogP contribution in [0.5, 0.6) is 5.75 Å². The van der Waals surface area contributed by atoms with Gasteiger partial charge in [-0.25, -0.2) is 4.98 Å². The second-order valence-corrected chi connectivity index (χ2v) is 7.40. The van der Waals surface area contributed by atoms with Crippen molar-refractivity contribution in [3.63, 3.8) is 0 Å². The molecule has 29 heavy (non-hydrogen) atoms. The summed E-state index contributed by atoms with van der Waals surface area (Å²) in [5, 5.41) is 3.02. The van der Waals surface area contributed by atoms with E-state index in [0.29, 0.717) is 27.1 Å². The summed E-state index contributed by atoms with van der Waals surface area (Å²) in [6.07, 6.45) is 0. The van der Waals surface area contributed by atoms with Crippen LogP contribution >= 0.6 is 11.3 Å². The predicted octanol–water partition coefficient (Wildman–Crippen LogP) is 3.38. The molecule has 0 bridgehead atoms. The first kappa shape index (κ1) is 18.8. The van der Waals surface area contributed by atoms with Crippen molar-refractivity contribution in [2.45, 2.75) is 6.92 Å². The number of fused-ring (bicyclic) bond motifs is 1. The summed E-state index contributed by atoms with van der Waals surface area (Å²) in [7, 11) is 0. The third kappa shape index (κ3) is 3.88. The van der Waals surface area contributed by atoms with Crippen LogP contribution in [-0.2, 0) is 9.59 Å². The van der Waals surface area contributed by atoms with E-state index in [2.05, 4.69) is 10.3 Å². The van der Waals surface area contributed by atoms with Gasteiger partial charge in [-0.3, -0.25) is 19.3 Å². The lowest BCUT2D eigenvalue weighted by atomic mass is 10.1. The molecule has 146 valence electrons. The minimum atomic E-state index is -0.404. The van der Waals surface area contributed by atoms with Crippen LogP contribution in [0.4, 0.5) is 10.8 Å². The summed E-state index contributed by atoms with van der Waals surface area (Å²) < 4.78 is 5.39. The molecule has 3 aromatic rings. The van der Waals surface area contributed by atoms with Gasteiger partial charge in [-0.15, -0.1) is 0 Å². The molecule has 0 radical (unpaired) electrons. The van der Waals surface area contributed by atoms with E-state index in [9.17, 15) is 14.4 Å². The molecule has 1 aliphatic rings. The van der Waals surface area contributed by atoms with E-state index < -0.39 is 5.91 Å². The number of Topliss-reactive ketones (excluding diaryl/α,β-unsaturated/α-hetero) is 1. The maximum absolute atomic E-state index is 12.6. The Morgan fingerprint density at radius 3 is 2.62 bits per heavy atom. The van der Waals surface area contributed by atoms with Crippen LogP contribution in [-0.4, -0.2) is 35.7 Å². The summed E-state index contributed by atoms with van der Waals surface area (Å²) in [6.45, 7) is 1.18. The average molecular weight is 407 g/mol. The number of hydrogen-bond donors (Lipinski definition) is 1. The highest BCUT2D eigenvalue weighted by Gasteiger charge is 2.27. The fraction of sp³-hybridized carbons (Fsp3) is 0.143. The number of carbonyl (C=O) groups is 3. The molecule has 2 heterocycles. The van der Waals surface area contributed by atoms with Gasteiger partial charge in [0.2, 0.25) is 5.91 Å². The molecule has 0 aliphatic carbocycles. The molecule has 1 N–H and O–H groups in total. The zero-order chi connectivity index (χ0) is 20.4. The Hall–Kier alpha value is -3.52. The lowest BCUT2D eigenvalue weighted by molar-refractivity contribution is -0.123. The lowest BCUT2D eigenvalue weighted by Crippen LogP contribution is -2.43. The number of amides is 2. The van der Waals surface area contributed by atoms with Gasteiger partial charge >= 0.3 is 0 Å². The molecule has 1 aliphatic heterocycles. The minimum Gasteiger partial charge on any atom is -0.482 e. The smallest absolute Gasteiger partial charge is 0.265 e. The molecule has 0 saturated heterocycles. The van der Waals surface area contributed by atoms with E-state index in [-0.39, 0.29) is 24.8 Å². The van der Waals surface area contributed by atoms with Gasteiger partial charge in [0, 0.05) is 12.5 Å². The Labute approximate surface area is 170 Å². The van der Waals surface area contributed by atoms with Crippen molar-refractivity contribution in [3.8, 4) is 17.0 Å². The molecule has 7 nitrogen and oxygen atoms in total. The van der Waals surface area contributed by atoms with E-state index in [1.54, 1.807) is 24.3 Å². The maximum atomic E-state index is 12.6. The van der Waals surface area contributed by atoms with Gasteiger partial charge in [0.05, 0.1) is 16.3 Å². The monoisotopic (exact) mass is 407 g/mol. The van der Waals surface area contributed by atoms with Crippen molar-refractivity contribution in [3.05, 3.63) is 59.5 Å². The number of thiazole rings is 1. The highest BCUT2D eigenvalue weighted by molar-refractivity contribution is 7.18. The van der Waals surface area contributed by atoms with Crippen LogP contribution in [0, 0.1) is 0 Å². The molecule has 2 amide bonds. The summed E-state index contributed by atoms with van der Waals surface area (Å²) in [4.78, 5) is 43.2. The molecule has 1 aromatic heterocycles. The van der Waals surface area contributed by atoms with Crippen molar-refractivity contribution in [2.24, 2.45) is 0 Å². The molecule has 0 atom stereocenters. The van der Waals surface area contributed by atoms with Crippen LogP contribution in [0.1, 0.15) is 16.6 Å².